The summed E-state index contributed by atoms with van der Waals surface area (Å²) in [6.07, 6.45) is 11.6. The zero-order chi connectivity index (χ0) is 26.7. The van der Waals surface area contributed by atoms with Gasteiger partial charge in [-0.25, -0.2) is 4.79 Å². The molecule has 0 aliphatic heterocycles. The second-order valence-corrected chi connectivity index (χ2v) is 9.27. The largest absolute Gasteiger partial charge is 0.489 e. The number of ether oxygens (including phenoxy) is 1. The molecule has 3 aromatic carbocycles. The van der Waals surface area contributed by atoms with Crippen LogP contribution in [-0.2, 0) is 22.6 Å². The van der Waals surface area contributed by atoms with Crippen molar-refractivity contribution in [3.8, 4) is 5.75 Å². The molecule has 0 saturated heterocycles. The Kier molecular flexibility index (Phi) is 9.32. The number of rotatable bonds is 10. The van der Waals surface area contributed by atoms with Crippen molar-refractivity contribution in [2.24, 2.45) is 0 Å². The van der Waals surface area contributed by atoms with E-state index in [1.165, 1.54) is 6.08 Å². The van der Waals surface area contributed by atoms with Crippen molar-refractivity contribution in [1.29, 1.82) is 0 Å². The van der Waals surface area contributed by atoms with Gasteiger partial charge in [0.15, 0.2) is 0 Å². The zero-order valence-electron chi connectivity index (χ0n) is 20.7. The molecule has 2 N–H and O–H groups in total. The predicted molar refractivity (Wildman–Crippen MR) is 152 cm³/mol. The number of carboxylic acids is 1. The van der Waals surface area contributed by atoms with Gasteiger partial charge in [-0.05, 0) is 70.7 Å². The van der Waals surface area contributed by atoms with Crippen LogP contribution >= 0.6 is 11.6 Å². The van der Waals surface area contributed by atoms with Crippen molar-refractivity contribution >= 4 is 35.1 Å². The Balaban J connectivity index is 1.34. The number of carboxylic acid groups (broad SMARTS) is 1. The molecule has 1 aliphatic carbocycles. The summed E-state index contributed by atoms with van der Waals surface area (Å²) in [4.78, 5) is 24.4. The summed E-state index contributed by atoms with van der Waals surface area (Å²) in [7, 11) is 0. The van der Waals surface area contributed by atoms with Gasteiger partial charge in [0.05, 0.1) is 0 Å². The molecule has 5 nitrogen and oxygen atoms in total. The first-order valence-corrected chi connectivity index (χ1v) is 12.6. The van der Waals surface area contributed by atoms with Crippen LogP contribution in [0.25, 0.3) is 11.6 Å². The van der Waals surface area contributed by atoms with E-state index in [1.807, 2.05) is 91.0 Å². The number of aliphatic carboxylic acids is 1. The maximum atomic E-state index is 12.5. The molecule has 0 aromatic heterocycles. The van der Waals surface area contributed by atoms with E-state index in [0.717, 1.165) is 34.2 Å². The Labute approximate surface area is 227 Å². The van der Waals surface area contributed by atoms with Gasteiger partial charge in [-0.15, -0.1) is 0 Å². The molecule has 1 amide bonds. The van der Waals surface area contributed by atoms with Crippen LogP contribution in [0.2, 0.25) is 0 Å². The Morgan fingerprint density at radius 2 is 1.76 bits per heavy atom. The molecule has 1 aliphatic rings. The maximum Gasteiger partial charge on any atom is 0.326 e. The lowest BCUT2D eigenvalue weighted by Gasteiger charge is -2.14. The van der Waals surface area contributed by atoms with E-state index in [9.17, 15) is 14.7 Å². The highest BCUT2D eigenvalue weighted by Gasteiger charge is 2.19. The number of halogens is 1. The Morgan fingerprint density at radius 1 is 0.974 bits per heavy atom. The van der Waals surface area contributed by atoms with Gasteiger partial charge in [0.25, 0.3) is 0 Å². The zero-order valence-corrected chi connectivity index (χ0v) is 21.5. The van der Waals surface area contributed by atoms with Crippen LogP contribution in [0.15, 0.2) is 114 Å². The highest BCUT2D eigenvalue weighted by Crippen LogP contribution is 2.24. The highest BCUT2D eigenvalue weighted by molar-refractivity contribution is 6.31. The molecule has 0 spiro atoms. The molecule has 4 rings (SSSR count). The fourth-order valence-corrected chi connectivity index (χ4v) is 4.10. The monoisotopic (exact) mass is 525 g/mol. The van der Waals surface area contributed by atoms with Gasteiger partial charge in [-0.3, -0.25) is 4.79 Å². The van der Waals surface area contributed by atoms with Crippen LogP contribution in [0.4, 0.5) is 0 Å². The summed E-state index contributed by atoms with van der Waals surface area (Å²) in [6, 6.07) is 23.8. The van der Waals surface area contributed by atoms with Crippen molar-refractivity contribution in [2.45, 2.75) is 25.5 Å². The molecule has 192 valence electrons. The van der Waals surface area contributed by atoms with E-state index in [4.69, 9.17) is 16.3 Å². The minimum absolute atomic E-state index is 0.154. The Morgan fingerprint density at radius 3 is 2.53 bits per heavy atom. The number of amides is 1. The summed E-state index contributed by atoms with van der Waals surface area (Å²) in [6.45, 7) is 0.448. The molecule has 1 atom stereocenters. The van der Waals surface area contributed by atoms with Crippen LogP contribution in [0.1, 0.15) is 28.7 Å². The lowest BCUT2D eigenvalue weighted by molar-refractivity contribution is -0.141. The number of benzene rings is 3. The molecule has 3 aromatic rings. The third-order valence-electron chi connectivity index (χ3n) is 5.97. The SMILES string of the molecule is O=C(/C=C/c1cccc(C2=CC=C(Cl)C=CC2)c1)NC(Cc1ccc(OCc2ccccc2)cc1)C(=O)O. The number of hydrogen-bond donors (Lipinski definition) is 2. The quantitative estimate of drug-likeness (QED) is 0.294. The summed E-state index contributed by atoms with van der Waals surface area (Å²) in [5, 5.41) is 12.9. The normalized spacial score (nSPS) is 13.8. The lowest BCUT2D eigenvalue weighted by Crippen LogP contribution is -2.41. The fraction of sp³-hybridized carbons (Fsp3) is 0.125. The van der Waals surface area contributed by atoms with Crippen molar-refractivity contribution < 1.29 is 19.4 Å². The van der Waals surface area contributed by atoms with E-state index >= 15 is 0 Å². The highest BCUT2D eigenvalue weighted by atomic mass is 35.5. The topological polar surface area (TPSA) is 75.6 Å². The van der Waals surface area contributed by atoms with Crippen molar-refractivity contribution in [1.82, 2.24) is 5.32 Å². The first kappa shape index (κ1) is 26.7. The molecule has 1 unspecified atom stereocenters. The maximum absolute atomic E-state index is 12.5. The van der Waals surface area contributed by atoms with Gasteiger partial charge >= 0.3 is 5.97 Å². The van der Waals surface area contributed by atoms with Crippen LogP contribution in [0.5, 0.6) is 5.75 Å². The third-order valence-corrected chi connectivity index (χ3v) is 6.22. The van der Waals surface area contributed by atoms with E-state index in [1.54, 1.807) is 18.2 Å². The Bertz CT molecular complexity index is 1390. The summed E-state index contributed by atoms with van der Waals surface area (Å²) in [5.74, 6) is -0.886. The second kappa shape index (κ2) is 13.3. The predicted octanol–water partition coefficient (Wildman–Crippen LogP) is 6.56. The van der Waals surface area contributed by atoms with Gasteiger partial charge in [0.1, 0.15) is 18.4 Å². The molecule has 0 saturated carbocycles. The first-order chi connectivity index (χ1) is 18.5. The van der Waals surface area contributed by atoms with Gasteiger partial charge in [0.2, 0.25) is 5.91 Å². The molecule has 0 heterocycles. The van der Waals surface area contributed by atoms with Crippen LogP contribution in [0, 0.1) is 0 Å². The van der Waals surface area contributed by atoms with Crippen LogP contribution in [0.3, 0.4) is 0 Å². The molecule has 38 heavy (non-hydrogen) atoms. The first-order valence-electron chi connectivity index (χ1n) is 12.3. The smallest absolute Gasteiger partial charge is 0.326 e. The fourth-order valence-electron chi connectivity index (χ4n) is 3.95. The number of nitrogens with one attached hydrogen (secondary N) is 1. The Hall–Kier alpha value is -4.35. The average molecular weight is 526 g/mol. The van der Waals surface area contributed by atoms with Crippen LogP contribution in [-0.4, -0.2) is 23.0 Å². The molecule has 6 heteroatoms. The van der Waals surface area contributed by atoms with Crippen molar-refractivity contribution in [2.75, 3.05) is 0 Å². The number of carbonyl (C=O) groups excluding carboxylic acids is 1. The van der Waals surface area contributed by atoms with Crippen molar-refractivity contribution in [3.63, 3.8) is 0 Å². The van der Waals surface area contributed by atoms with Gasteiger partial charge in [-0.2, -0.15) is 0 Å². The van der Waals surface area contributed by atoms with Gasteiger partial charge < -0.3 is 15.2 Å². The van der Waals surface area contributed by atoms with Gasteiger partial charge in [0, 0.05) is 17.5 Å². The molecular weight excluding hydrogens is 498 g/mol. The minimum Gasteiger partial charge on any atom is -0.489 e. The second-order valence-electron chi connectivity index (χ2n) is 8.83. The van der Waals surface area contributed by atoms with E-state index in [2.05, 4.69) is 5.32 Å². The summed E-state index contributed by atoms with van der Waals surface area (Å²) >= 11 is 6.07. The number of hydrogen-bond acceptors (Lipinski definition) is 3. The van der Waals surface area contributed by atoms with E-state index < -0.39 is 17.9 Å². The number of allylic oxidation sites excluding steroid dienone is 6. The lowest BCUT2D eigenvalue weighted by atomic mass is 10.00. The molecule has 0 radical (unpaired) electrons. The van der Waals surface area contributed by atoms with Crippen LogP contribution < -0.4 is 10.1 Å². The van der Waals surface area contributed by atoms with Gasteiger partial charge in [-0.1, -0.05) is 84.4 Å². The summed E-state index contributed by atoms with van der Waals surface area (Å²) < 4.78 is 5.79. The minimum atomic E-state index is -1.10. The molecular formula is C32H28ClNO4. The average Bonchev–Trinajstić information content (AvgIpc) is 3.16. The molecule has 0 fully saturated rings. The summed E-state index contributed by atoms with van der Waals surface area (Å²) in [5.41, 5.74) is 4.81. The third kappa shape index (κ3) is 8.08. The van der Waals surface area contributed by atoms with Crippen molar-refractivity contribution in [3.05, 3.63) is 137 Å². The van der Waals surface area contributed by atoms with E-state index in [0.29, 0.717) is 17.4 Å². The standard InChI is InChI=1S/C32H28ClNO4/c33-28-11-5-9-26(15-16-28)27-10-4-8-23(20-27)14-19-31(35)34-30(32(36)37)21-24-12-17-29(18-13-24)38-22-25-6-2-1-3-7-25/h1-8,10-20,30H,9,21-22H2,(H,34,35)(H,36,37)/b19-14+. The molecule has 0 bridgehead atoms. The van der Waals surface area contributed by atoms with E-state index in [-0.39, 0.29) is 6.42 Å². The number of carbonyl (C=O) groups is 2.